The molecule has 1 aromatic rings. The Bertz CT molecular complexity index is 817. The highest BCUT2D eigenvalue weighted by Gasteiger charge is 2.30. The fourth-order valence-corrected chi connectivity index (χ4v) is 3.96. The van der Waals surface area contributed by atoms with Crippen molar-refractivity contribution >= 4 is 23.9 Å². The van der Waals surface area contributed by atoms with Gasteiger partial charge in [0.25, 0.3) is 0 Å². The largest absolute Gasteiger partial charge is 0.476 e. The summed E-state index contributed by atoms with van der Waals surface area (Å²) in [7, 11) is 0. The van der Waals surface area contributed by atoms with E-state index in [-0.39, 0.29) is 13.2 Å². The van der Waals surface area contributed by atoms with Crippen LogP contribution in [-0.2, 0) is 9.47 Å². The van der Waals surface area contributed by atoms with E-state index in [0.29, 0.717) is 12.8 Å². The summed E-state index contributed by atoms with van der Waals surface area (Å²) in [5.41, 5.74) is -3.21. The fourth-order valence-electron chi connectivity index (χ4n) is 3.96. The number of nitrogens with zero attached hydrogens (tertiary/aromatic N) is 2. The van der Waals surface area contributed by atoms with E-state index in [1.807, 2.05) is 0 Å². The first-order valence-electron chi connectivity index (χ1n) is 14.1. The van der Waals surface area contributed by atoms with Crippen molar-refractivity contribution < 1.29 is 38.9 Å². The lowest BCUT2D eigenvalue weighted by Crippen LogP contribution is -2.24. The molecular formula is C28H44N2O8. The molecule has 0 unspecified atom stereocenters. The molecule has 0 aliphatic carbocycles. The van der Waals surface area contributed by atoms with Crippen LogP contribution in [0.1, 0.15) is 159 Å². The summed E-state index contributed by atoms with van der Waals surface area (Å²) >= 11 is 0. The molecule has 2 N–H and O–H groups in total. The molecule has 1 heterocycles. The summed E-state index contributed by atoms with van der Waals surface area (Å²) in [5.74, 6) is -5.46. The Morgan fingerprint density at radius 3 is 1.08 bits per heavy atom. The molecule has 0 fully saturated rings. The lowest BCUT2D eigenvalue weighted by Gasteiger charge is -2.11. The minimum absolute atomic E-state index is 0.0608. The van der Waals surface area contributed by atoms with Gasteiger partial charge in [0.2, 0.25) is 0 Å². The highest BCUT2D eigenvalue weighted by molar-refractivity contribution is 6.04. The normalized spacial score (nSPS) is 10.8. The summed E-state index contributed by atoms with van der Waals surface area (Å²) in [6.07, 6.45) is 16.7. The number of aromatic carboxylic acids is 2. The monoisotopic (exact) mass is 536 g/mol. The maximum absolute atomic E-state index is 12.7. The molecular weight excluding hydrogens is 492 g/mol. The summed E-state index contributed by atoms with van der Waals surface area (Å²) in [4.78, 5) is 55.7. The van der Waals surface area contributed by atoms with Crippen LogP contribution >= 0.6 is 0 Å². The third-order valence-corrected chi connectivity index (χ3v) is 6.15. The zero-order valence-corrected chi connectivity index (χ0v) is 23.0. The summed E-state index contributed by atoms with van der Waals surface area (Å²) in [6, 6.07) is 0. The maximum atomic E-state index is 12.7. The molecule has 10 heteroatoms. The Balaban J connectivity index is 2.73. The number of esters is 2. The van der Waals surface area contributed by atoms with Crippen LogP contribution in [0.5, 0.6) is 0 Å². The number of hydrogen-bond acceptors (Lipinski definition) is 8. The number of aromatic nitrogens is 2. The molecule has 0 aliphatic rings. The second-order valence-electron chi connectivity index (χ2n) is 9.45. The van der Waals surface area contributed by atoms with Crippen molar-refractivity contribution in [1.82, 2.24) is 9.97 Å². The lowest BCUT2D eigenvalue weighted by atomic mass is 10.1. The van der Waals surface area contributed by atoms with Crippen LogP contribution < -0.4 is 0 Å². The smallest absolute Gasteiger partial charge is 0.359 e. The van der Waals surface area contributed by atoms with Gasteiger partial charge in [0.1, 0.15) is 0 Å². The molecule has 0 spiro atoms. The number of carboxylic acid groups (broad SMARTS) is 2. The van der Waals surface area contributed by atoms with Crippen LogP contribution in [0.2, 0.25) is 0 Å². The van der Waals surface area contributed by atoms with Crippen LogP contribution in [0.15, 0.2) is 0 Å². The number of carbonyl (C=O) groups is 4. The highest BCUT2D eigenvalue weighted by atomic mass is 16.5. The molecule has 0 saturated carbocycles. The fraction of sp³-hybridized carbons (Fsp3) is 0.714. The van der Waals surface area contributed by atoms with E-state index < -0.39 is 46.7 Å². The number of carbonyl (C=O) groups excluding carboxylic acids is 2. The third kappa shape index (κ3) is 13.0. The van der Waals surface area contributed by atoms with Crippen molar-refractivity contribution in [1.29, 1.82) is 0 Å². The molecule has 0 aliphatic heterocycles. The predicted octanol–water partition coefficient (Wildman–Crippen LogP) is 6.47. The van der Waals surface area contributed by atoms with Crippen LogP contribution in [-0.4, -0.2) is 57.3 Å². The number of ether oxygens (including phenoxy) is 2. The first-order valence-corrected chi connectivity index (χ1v) is 14.1. The van der Waals surface area contributed by atoms with Crippen molar-refractivity contribution in [3.63, 3.8) is 0 Å². The van der Waals surface area contributed by atoms with Gasteiger partial charge in [0.05, 0.1) is 13.2 Å². The summed E-state index contributed by atoms with van der Waals surface area (Å²) < 4.78 is 10.4. The van der Waals surface area contributed by atoms with E-state index in [4.69, 9.17) is 9.47 Å². The molecule has 0 aromatic carbocycles. The van der Waals surface area contributed by atoms with Gasteiger partial charge >= 0.3 is 23.9 Å². The van der Waals surface area contributed by atoms with Gasteiger partial charge in [-0.15, -0.1) is 0 Å². The van der Waals surface area contributed by atoms with Gasteiger partial charge in [-0.25, -0.2) is 29.1 Å². The first kappa shape index (κ1) is 33.0. The quantitative estimate of drug-likeness (QED) is 0.124. The van der Waals surface area contributed by atoms with Gasteiger partial charge in [0, 0.05) is 0 Å². The summed E-state index contributed by atoms with van der Waals surface area (Å²) in [5, 5.41) is 18.7. The molecule has 214 valence electrons. The highest BCUT2D eigenvalue weighted by Crippen LogP contribution is 2.15. The Hall–Kier alpha value is -3.04. The van der Waals surface area contributed by atoms with E-state index >= 15 is 0 Å². The first-order chi connectivity index (χ1) is 18.3. The zero-order valence-electron chi connectivity index (χ0n) is 23.0. The lowest BCUT2D eigenvalue weighted by molar-refractivity contribution is 0.0435. The van der Waals surface area contributed by atoms with Crippen LogP contribution in [0.25, 0.3) is 0 Å². The van der Waals surface area contributed by atoms with Crippen LogP contribution in [0.4, 0.5) is 0 Å². The van der Waals surface area contributed by atoms with Crippen LogP contribution in [0, 0.1) is 0 Å². The molecule has 0 amide bonds. The average Bonchev–Trinajstić information content (AvgIpc) is 2.90. The van der Waals surface area contributed by atoms with E-state index in [2.05, 4.69) is 23.8 Å². The Morgan fingerprint density at radius 2 is 0.789 bits per heavy atom. The SMILES string of the molecule is CCCCCCCCCCOC(=O)c1nc(C(=O)O)c(C(=O)O)nc1C(=O)OCCCCCCCCCC. The Labute approximate surface area is 225 Å². The molecule has 10 nitrogen and oxygen atoms in total. The predicted molar refractivity (Wildman–Crippen MR) is 142 cm³/mol. The standard InChI is InChI=1S/C28H44N2O8/c1-3-5-7-9-11-13-15-17-19-37-27(35)23-24(30-22(26(33)34)21(29-23)25(31)32)28(36)38-20-18-16-14-12-10-8-6-4-2/h3-20H2,1-2H3,(H,31,32)(H,33,34). The van der Waals surface area contributed by atoms with Gasteiger partial charge in [-0.1, -0.05) is 104 Å². The molecule has 1 aromatic heterocycles. The zero-order chi connectivity index (χ0) is 28.2. The van der Waals surface area contributed by atoms with E-state index in [9.17, 15) is 29.4 Å². The number of carboxylic acids is 2. The van der Waals surface area contributed by atoms with Gasteiger partial charge in [-0.05, 0) is 12.8 Å². The van der Waals surface area contributed by atoms with E-state index in [0.717, 1.165) is 38.5 Å². The Morgan fingerprint density at radius 1 is 0.500 bits per heavy atom. The number of hydrogen-bond donors (Lipinski definition) is 2. The van der Waals surface area contributed by atoms with Crippen molar-refractivity contribution in [2.75, 3.05) is 13.2 Å². The van der Waals surface area contributed by atoms with Crippen molar-refractivity contribution in [2.45, 2.75) is 117 Å². The molecule has 38 heavy (non-hydrogen) atoms. The molecule has 0 saturated heterocycles. The minimum atomic E-state index is -1.69. The molecule has 1 rings (SSSR count). The topological polar surface area (TPSA) is 153 Å². The van der Waals surface area contributed by atoms with Gasteiger partial charge in [0.15, 0.2) is 22.8 Å². The number of unbranched alkanes of at least 4 members (excludes halogenated alkanes) is 14. The Kier molecular flexibility index (Phi) is 17.4. The van der Waals surface area contributed by atoms with Crippen molar-refractivity contribution in [2.24, 2.45) is 0 Å². The maximum Gasteiger partial charge on any atom is 0.359 e. The third-order valence-electron chi connectivity index (χ3n) is 6.15. The average molecular weight is 537 g/mol. The van der Waals surface area contributed by atoms with Crippen LogP contribution in [0.3, 0.4) is 0 Å². The molecule has 0 radical (unpaired) electrons. The molecule has 0 atom stereocenters. The second kappa shape index (κ2) is 20.0. The number of rotatable bonds is 22. The second-order valence-corrected chi connectivity index (χ2v) is 9.45. The van der Waals surface area contributed by atoms with Crippen molar-refractivity contribution in [3.05, 3.63) is 22.8 Å². The summed E-state index contributed by atoms with van der Waals surface area (Å²) in [6.45, 7) is 4.45. The van der Waals surface area contributed by atoms with Crippen molar-refractivity contribution in [3.8, 4) is 0 Å². The van der Waals surface area contributed by atoms with E-state index in [1.54, 1.807) is 0 Å². The minimum Gasteiger partial charge on any atom is -0.476 e. The van der Waals surface area contributed by atoms with Gasteiger partial charge in [-0.2, -0.15) is 0 Å². The van der Waals surface area contributed by atoms with Gasteiger partial charge < -0.3 is 19.7 Å². The van der Waals surface area contributed by atoms with E-state index in [1.165, 1.54) is 51.4 Å². The molecule has 0 bridgehead atoms. The van der Waals surface area contributed by atoms with Gasteiger partial charge in [-0.3, -0.25) is 0 Å².